The van der Waals surface area contributed by atoms with Gasteiger partial charge in [0.15, 0.2) is 5.96 Å². The second-order valence-corrected chi connectivity index (χ2v) is 5.19. The molecule has 1 aromatic carbocycles. The van der Waals surface area contributed by atoms with Crippen molar-refractivity contribution in [3.8, 4) is 0 Å². The Labute approximate surface area is 148 Å². The van der Waals surface area contributed by atoms with E-state index in [9.17, 15) is 4.39 Å². The van der Waals surface area contributed by atoms with E-state index in [1.54, 1.807) is 13.1 Å². The van der Waals surface area contributed by atoms with E-state index in [0.717, 1.165) is 37.5 Å². The molecule has 0 aromatic heterocycles. The van der Waals surface area contributed by atoms with Crippen molar-refractivity contribution in [2.45, 2.75) is 31.8 Å². The fourth-order valence-electron chi connectivity index (χ4n) is 2.46. The van der Waals surface area contributed by atoms with Crippen molar-refractivity contribution in [1.82, 2.24) is 10.6 Å². The number of hydrogen-bond donors (Lipinski definition) is 2. The van der Waals surface area contributed by atoms with E-state index in [1.165, 1.54) is 12.5 Å². The molecule has 1 aromatic rings. The molecule has 1 aliphatic rings. The average Bonchev–Trinajstić information content (AvgIpc) is 3.01. The Balaban J connectivity index is 0.00000242. The quantitative estimate of drug-likeness (QED) is 0.422. The summed E-state index contributed by atoms with van der Waals surface area (Å²) in [6.07, 6.45) is 4.34. The van der Waals surface area contributed by atoms with E-state index >= 15 is 0 Å². The van der Waals surface area contributed by atoms with Crippen LogP contribution < -0.4 is 10.6 Å². The summed E-state index contributed by atoms with van der Waals surface area (Å²) in [5.41, 5.74) is 0.722. The van der Waals surface area contributed by atoms with Crippen LogP contribution in [-0.4, -0.2) is 38.8 Å². The molecular formula is C16H25FIN3O. The molecule has 0 radical (unpaired) electrons. The number of ether oxygens (including phenoxy) is 1. The highest BCUT2D eigenvalue weighted by Crippen LogP contribution is 2.14. The second kappa shape index (κ2) is 10.8. The van der Waals surface area contributed by atoms with Crippen molar-refractivity contribution >= 4 is 29.9 Å². The van der Waals surface area contributed by atoms with Crippen molar-refractivity contribution < 1.29 is 9.13 Å². The van der Waals surface area contributed by atoms with Crippen LogP contribution in [0.5, 0.6) is 0 Å². The Morgan fingerprint density at radius 1 is 1.32 bits per heavy atom. The summed E-state index contributed by atoms with van der Waals surface area (Å²) in [7, 11) is 1.74. The van der Waals surface area contributed by atoms with Crippen LogP contribution in [0.25, 0.3) is 0 Å². The number of nitrogens with one attached hydrogen (secondary N) is 2. The number of halogens is 2. The minimum atomic E-state index is -0.152. The molecule has 1 heterocycles. The highest BCUT2D eigenvalue weighted by atomic mass is 127. The third kappa shape index (κ3) is 6.48. The number of nitrogens with zero attached hydrogens (tertiary/aromatic N) is 1. The molecular weight excluding hydrogens is 396 g/mol. The first-order valence-corrected chi connectivity index (χ1v) is 7.59. The molecule has 0 aliphatic carbocycles. The zero-order chi connectivity index (χ0) is 14.9. The van der Waals surface area contributed by atoms with Crippen LogP contribution in [0.1, 0.15) is 24.8 Å². The van der Waals surface area contributed by atoms with Crippen LogP contribution in [0, 0.1) is 5.82 Å². The third-order valence-corrected chi connectivity index (χ3v) is 3.65. The molecule has 0 amide bonds. The summed E-state index contributed by atoms with van der Waals surface area (Å²) < 4.78 is 19.1. The predicted molar refractivity (Wildman–Crippen MR) is 98.5 cm³/mol. The van der Waals surface area contributed by atoms with Crippen LogP contribution in [0.3, 0.4) is 0 Å². The molecule has 1 saturated heterocycles. The van der Waals surface area contributed by atoms with Gasteiger partial charge in [-0.05, 0) is 37.3 Å². The van der Waals surface area contributed by atoms with Crippen molar-refractivity contribution in [2.24, 2.45) is 4.99 Å². The maximum Gasteiger partial charge on any atom is 0.190 e. The molecule has 22 heavy (non-hydrogen) atoms. The van der Waals surface area contributed by atoms with Gasteiger partial charge in [-0.2, -0.15) is 0 Å². The summed E-state index contributed by atoms with van der Waals surface area (Å²) in [4.78, 5) is 4.17. The topological polar surface area (TPSA) is 45.7 Å². The van der Waals surface area contributed by atoms with Gasteiger partial charge in [0.05, 0.1) is 6.10 Å². The minimum absolute atomic E-state index is 0. The normalized spacial score (nSPS) is 17.9. The van der Waals surface area contributed by atoms with Gasteiger partial charge < -0.3 is 15.4 Å². The van der Waals surface area contributed by atoms with Crippen molar-refractivity contribution in [2.75, 3.05) is 26.7 Å². The number of rotatable bonds is 6. The van der Waals surface area contributed by atoms with E-state index in [1.807, 2.05) is 12.1 Å². The van der Waals surface area contributed by atoms with Gasteiger partial charge in [0.1, 0.15) is 5.82 Å². The summed E-state index contributed by atoms with van der Waals surface area (Å²) in [6.45, 7) is 2.38. The van der Waals surface area contributed by atoms with Crippen molar-refractivity contribution in [3.63, 3.8) is 0 Å². The zero-order valence-corrected chi connectivity index (χ0v) is 15.3. The maximum atomic E-state index is 13.5. The molecule has 4 nitrogen and oxygen atoms in total. The first-order chi connectivity index (χ1) is 10.3. The molecule has 6 heteroatoms. The third-order valence-electron chi connectivity index (χ3n) is 3.65. The zero-order valence-electron chi connectivity index (χ0n) is 13.0. The van der Waals surface area contributed by atoms with Crippen LogP contribution >= 0.6 is 24.0 Å². The van der Waals surface area contributed by atoms with Crippen LogP contribution in [0.15, 0.2) is 29.3 Å². The molecule has 2 rings (SSSR count). The van der Waals surface area contributed by atoms with Gasteiger partial charge in [-0.3, -0.25) is 4.99 Å². The summed E-state index contributed by atoms with van der Waals surface area (Å²) in [6, 6.07) is 6.86. The number of guanidine groups is 1. The Kier molecular flexibility index (Phi) is 9.38. The molecule has 1 aliphatic heterocycles. The summed E-state index contributed by atoms with van der Waals surface area (Å²) >= 11 is 0. The maximum absolute atomic E-state index is 13.5. The van der Waals surface area contributed by atoms with E-state index in [-0.39, 0.29) is 29.8 Å². The molecule has 1 fully saturated rings. The number of aliphatic imine (C=N–C) groups is 1. The Morgan fingerprint density at radius 2 is 2.09 bits per heavy atom. The van der Waals surface area contributed by atoms with Gasteiger partial charge in [-0.15, -0.1) is 24.0 Å². The lowest BCUT2D eigenvalue weighted by atomic mass is 10.1. The predicted octanol–water partition coefficient (Wildman–Crippen LogP) is 2.72. The molecule has 1 atom stereocenters. The molecule has 124 valence electrons. The van der Waals surface area contributed by atoms with Crippen LogP contribution in [0.4, 0.5) is 4.39 Å². The lowest BCUT2D eigenvalue weighted by molar-refractivity contribution is 0.105. The highest BCUT2D eigenvalue weighted by Gasteiger charge is 2.14. The molecule has 0 spiro atoms. The van der Waals surface area contributed by atoms with Crippen LogP contribution in [-0.2, 0) is 11.2 Å². The molecule has 2 N–H and O–H groups in total. The van der Waals surface area contributed by atoms with E-state index in [2.05, 4.69) is 15.6 Å². The second-order valence-electron chi connectivity index (χ2n) is 5.19. The van der Waals surface area contributed by atoms with Gasteiger partial charge in [-0.1, -0.05) is 18.2 Å². The van der Waals surface area contributed by atoms with Gasteiger partial charge in [-0.25, -0.2) is 4.39 Å². The molecule has 0 bridgehead atoms. The average molecular weight is 421 g/mol. The first kappa shape index (κ1) is 19.2. The first-order valence-electron chi connectivity index (χ1n) is 7.59. The Bertz CT molecular complexity index is 464. The fraction of sp³-hybridized carbons (Fsp3) is 0.562. The fourth-order valence-corrected chi connectivity index (χ4v) is 2.46. The standard InChI is InChI=1S/C16H24FN3O.HI/c1-18-16(20-11-9-14-6-4-12-21-14)19-10-8-13-5-2-3-7-15(13)17;/h2-3,5,7,14H,4,6,8-12H2,1H3,(H2,18,19,20);1H. The molecule has 1 unspecified atom stereocenters. The van der Waals surface area contributed by atoms with E-state index in [0.29, 0.717) is 19.1 Å². The van der Waals surface area contributed by atoms with Crippen molar-refractivity contribution in [1.29, 1.82) is 0 Å². The molecule has 0 saturated carbocycles. The van der Waals surface area contributed by atoms with Crippen LogP contribution in [0.2, 0.25) is 0 Å². The monoisotopic (exact) mass is 421 g/mol. The SMILES string of the molecule is CN=C(NCCc1ccccc1F)NCCC1CCCO1.I. The van der Waals surface area contributed by atoms with Gasteiger partial charge in [0.2, 0.25) is 0 Å². The lowest BCUT2D eigenvalue weighted by Crippen LogP contribution is -2.39. The van der Waals surface area contributed by atoms with E-state index < -0.39 is 0 Å². The highest BCUT2D eigenvalue weighted by molar-refractivity contribution is 14.0. The minimum Gasteiger partial charge on any atom is -0.378 e. The smallest absolute Gasteiger partial charge is 0.190 e. The summed E-state index contributed by atoms with van der Waals surface area (Å²) in [5, 5.41) is 6.46. The van der Waals surface area contributed by atoms with Gasteiger partial charge >= 0.3 is 0 Å². The Hall–Kier alpha value is -0.890. The van der Waals surface area contributed by atoms with Crippen molar-refractivity contribution in [3.05, 3.63) is 35.6 Å². The largest absolute Gasteiger partial charge is 0.378 e. The van der Waals surface area contributed by atoms with E-state index in [4.69, 9.17) is 4.74 Å². The number of benzene rings is 1. The Morgan fingerprint density at radius 3 is 2.77 bits per heavy atom. The number of hydrogen-bond acceptors (Lipinski definition) is 2. The van der Waals surface area contributed by atoms with Gasteiger partial charge in [0.25, 0.3) is 0 Å². The summed E-state index contributed by atoms with van der Waals surface area (Å²) in [5.74, 6) is 0.602. The van der Waals surface area contributed by atoms with Gasteiger partial charge in [0, 0.05) is 26.7 Å². The lowest BCUT2D eigenvalue weighted by Gasteiger charge is -2.14.